The van der Waals surface area contributed by atoms with E-state index in [1.54, 1.807) is 0 Å². The van der Waals surface area contributed by atoms with E-state index < -0.39 is 0 Å². The Bertz CT molecular complexity index is 328. The molecule has 1 rings (SSSR count). The number of halogens is 1. The van der Waals surface area contributed by atoms with Gasteiger partial charge in [0.15, 0.2) is 0 Å². The zero-order valence-corrected chi connectivity index (χ0v) is 12.3. The maximum absolute atomic E-state index is 5.78. The Morgan fingerprint density at radius 3 is 2.71 bits per heavy atom. The van der Waals surface area contributed by atoms with Gasteiger partial charge in [0, 0.05) is 4.47 Å². The lowest BCUT2D eigenvalue weighted by Gasteiger charge is -2.09. The lowest BCUT2D eigenvalue weighted by atomic mass is 10.2. The molecule has 0 aliphatic carbocycles. The fourth-order valence-corrected chi connectivity index (χ4v) is 2.01. The summed E-state index contributed by atoms with van der Waals surface area (Å²) in [4.78, 5) is 0. The molecule has 0 aliphatic rings. The summed E-state index contributed by atoms with van der Waals surface area (Å²) < 4.78 is 6.85. The van der Waals surface area contributed by atoms with Crippen LogP contribution in [0.4, 0.5) is 0 Å². The van der Waals surface area contributed by atoms with Crippen LogP contribution >= 0.6 is 15.9 Å². The lowest BCUT2D eigenvalue weighted by molar-refractivity contribution is 0.302. The van der Waals surface area contributed by atoms with E-state index in [-0.39, 0.29) is 0 Å². The van der Waals surface area contributed by atoms with Gasteiger partial charge in [-0.1, -0.05) is 34.8 Å². The lowest BCUT2D eigenvalue weighted by Crippen LogP contribution is -2.07. The molecule has 1 N–H and O–H groups in total. The van der Waals surface area contributed by atoms with Gasteiger partial charge in [0.25, 0.3) is 0 Å². The quantitative estimate of drug-likeness (QED) is 0.735. The third kappa shape index (κ3) is 6.08. The van der Waals surface area contributed by atoms with E-state index in [4.69, 9.17) is 4.74 Å². The summed E-state index contributed by atoms with van der Waals surface area (Å²) in [6.07, 6.45) is 4.92. The van der Waals surface area contributed by atoms with Crippen LogP contribution in [0.3, 0.4) is 0 Å². The van der Waals surface area contributed by atoms with Crippen LogP contribution in [-0.4, -0.2) is 20.2 Å². The predicted molar refractivity (Wildman–Crippen MR) is 76.8 cm³/mol. The van der Waals surface area contributed by atoms with Crippen LogP contribution in [0.2, 0.25) is 0 Å². The van der Waals surface area contributed by atoms with E-state index in [9.17, 15) is 0 Å². The average Bonchev–Trinajstić information content (AvgIpc) is 2.32. The highest BCUT2D eigenvalue weighted by atomic mass is 79.9. The molecule has 0 spiro atoms. The molecular weight excluding hydrogens is 278 g/mol. The third-order valence-corrected chi connectivity index (χ3v) is 3.22. The number of ether oxygens (including phenoxy) is 1. The highest BCUT2D eigenvalue weighted by Crippen LogP contribution is 2.23. The number of rotatable bonds is 8. The van der Waals surface area contributed by atoms with E-state index in [1.807, 2.05) is 19.2 Å². The van der Waals surface area contributed by atoms with Gasteiger partial charge in [0.1, 0.15) is 5.75 Å². The van der Waals surface area contributed by atoms with Gasteiger partial charge in [-0.25, -0.2) is 0 Å². The predicted octanol–water partition coefficient (Wildman–Crippen LogP) is 3.92. The maximum atomic E-state index is 5.78. The molecule has 17 heavy (non-hydrogen) atoms. The van der Waals surface area contributed by atoms with Gasteiger partial charge in [-0.15, -0.1) is 0 Å². The Morgan fingerprint density at radius 2 is 1.94 bits per heavy atom. The zero-order chi connectivity index (χ0) is 12.5. The minimum absolute atomic E-state index is 0.816. The number of aryl methyl sites for hydroxylation is 1. The van der Waals surface area contributed by atoms with Gasteiger partial charge in [-0.05, 0) is 51.1 Å². The molecule has 0 atom stereocenters. The monoisotopic (exact) mass is 299 g/mol. The normalized spacial score (nSPS) is 10.5. The number of hydrogen-bond acceptors (Lipinski definition) is 2. The van der Waals surface area contributed by atoms with Crippen LogP contribution in [0.15, 0.2) is 22.7 Å². The second-order valence-electron chi connectivity index (χ2n) is 4.28. The van der Waals surface area contributed by atoms with Gasteiger partial charge < -0.3 is 10.1 Å². The Hall–Kier alpha value is -0.540. The Balaban J connectivity index is 2.15. The molecule has 0 saturated heterocycles. The first kappa shape index (κ1) is 14.5. The fraction of sp³-hybridized carbons (Fsp3) is 0.571. The Labute approximate surface area is 113 Å². The SMILES string of the molecule is CNCCCCCCOc1cc(Br)ccc1C. The van der Waals surface area contributed by atoms with Gasteiger partial charge in [0.05, 0.1) is 6.61 Å². The largest absolute Gasteiger partial charge is 0.493 e. The number of unbranched alkanes of at least 4 members (excludes halogenated alkanes) is 3. The van der Waals surface area contributed by atoms with Crippen molar-refractivity contribution in [3.63, 3.8) is 0 Å². The van der Waals surface area contributed by atoms with Crippen LogP contribution < -0.4 is 10.1 Å². The van der Waals surface area contributed by atoms with Crippen molar-refractivity contribution in [3.05, 3.63) is 28.2 Å². The molecule has 96 valence electrons. The molecule has 0 unspecified atom stereocenters. The molecular formula is C14H22BrNO. The summed E-state index contributed by atoms with van der Waals surface area (Å²) in [5.41, 5.74) is 1.20. The molecule has 0 fully saturated rings. The molecule has 1 aromatic carbocycles. The fourth-order valence-electron chi connectivity index (χ4n) is 1.67. The summed E-state index contributed by atoms with van der Waals surface area (Å²) in [5, 5.41) is 3.16. The standard InChI is InChI=1S/C14H22BrNO/c1-12-7-8-13(15)11-14(12)17-10-6-4-3-5-9-16-2/h7-8,11,16H,3-6,9-10H2,1-2H3. The van der Waals surface area contributed by atoms with Crippen molar-refractivity contribution in [2.75, 3.05) is 20.2 Å². The summed E-state index contributed by atoms with van der Waals surface area (Å²) in [6, 6.07) is 6.16. The van der Waals surface area contributed by atoms with Crippen molar-refractivity contribution in [3.8, 4) is 5.75 Å². The molecule has 3 heteroatoms. The summed E-state index contributed by atoms with van der Waals surface area (Å²) in [6.45, 7) is 4.01. The minimum atomic E-state index is 0.816. The number of benzene rings is 1. The van der Waals surface area contributed by atoms with Crippen molar-refractivity contribution in [1.29, 1.82) is 0 Å². The molecule has 0 radical (unpaired) electrons. The zero-order valence-electron chi connectivity index (χ0n) is 10.8. The second-order valence-corrected chi connectivity index (χ2v) is 5.19. The third-order valence-electron chi connectivity index (χ3n) is 2.73. The van der Waals surface area contributed by atoms with Crippen LogP contribution in [0.1, 0.15) is 31.2 Å². The highest BCUT2D eigenvalue weighted by molar-refractivity contribution is 9.10. The smallest absolute Gasteiger partial charge is 0.123 e. The van der Waals surface area contributed by atoms with E-state index in [0.717, 1.165) is 29.8 Å². The molecule has 0 bridgehead atoms. The van der Waals surface area contributed by atoms with Gasteiger partial charge in [-0.3, -0.25) is 0 Å². The summed E-state index contributed by atoms with van der Waals surface area (Å²) >= 11 is 3.46. The Morgan fingerprint density at radius 1 is 1.18 bits per heavy atom. The first-order chi connectivity index (χ1) is 8.24. The van der Waals surface area contributed by atoms with Gasteiger partial charge in [-0.2, -0.15) is 0 Å². The Kier molecular flexibility index (Phi) is 7.29. The van der Waals surface area contributed by atoms with E-state index in [0.29, 0.717) is 0 Å². The van der Waals surface area contributed by atoms with Crippen LogP contribution in [-0.2, 0) is 0 Å². The minimum Gasteiger partial charge on any atom is -0.493 e. The highest BCUT2D eigenvalue weighted by Gasteiger charge is 2.00. The molecule has 0 saturated carbocycles. The molecule has 0 aromatic heterocycles. The van der Waals surface area contributed by atoms with Crippen molar-refractivity contribution in [2.45, 2.75) is 32.6 Å². The first-order valence-electron chi connectivity index (χ1n) is 6.27. The summed E-state index contributed by atoms with van der Waals surface area (Å²) in [5.74, 6) is 0.995. The summed E-state index contributed by atoms with van der Waals surface area (Å²) in [7, 11) is 2.00. The molecule has 1 aromatic rings. The van der Waals surface area contributed by atoms with Crippen LogP contribution in [0, 0.1) is 6.92 Å². The van der Waals surface area contributed by atoms with Crippen molar-refractivity contribution >= 4 is 15.9 Å². The maximum Gasteiger partial charge on any atom is 0.123 e. The number of hydrogen-bond donors (Lipinski definition) is 1. The molecule has 2 nitrogen and oxygen atoms in total. The molecule has 0 aliphatic heterocycles. The molecule has 0 amide bonds. The van der Waals surface area contributed by atoms with E-state index >= 15 is 0 Å². The van der Waals surface area contributed by atoms with Crippen molar-refractivity contribution in [2.24, 2.45) is 0 Å². The topological polar surface area (TPSA) is 21.3 Å². The van der Waals surface area contributed by atoms with Crippen molar-refractivity contribution < 1.29 is 4.74 Å². The van der Waals surface area contributed by atoms with Crippen LogP contribution in [0.5, 0.6) is 5.75 Å². The second kappa shape index (κ2) is 8.54. The number of nitrogens with one attached hydrogen (secondary N) is 1. The van der Waals surface area contributed by atoms with Crippen molar-refractivity contribution in [1.82, 2.24) is 5.32 Å². The van der Waals surface area contributed by atoms with Crippen LogP contribution in [0.25, 0.3) is 0 Å². The van der Waals surface area contributed by atoms with Gasteiger partial charge >= 0.3 is 0 Å². The van der Waals surface area contributed by atoms with Gasteiger partial charge in [0.2, 0.25) is 0 Å². The molecule has 0 heterocycles. The first-order valence-corrected chi connectivity index (χ1v) is 7.07. The van der Waals surface area contributed by atoms with E-state index in [2.05, 4.69) is 34.2 Å². The van der Waals surface area contributed by atoms with E-state index in [1.165, 1.54) is 24.8 Å². The average molecular weight is 300 g/mol.